The van der Waals surface area contributed by atoms with Gasteiger partial charge in [-0.1, -0.05) is 24.3 Å². The Labute approximate surface area is 151 Å². The number of rotatable bonds is 6. The van der Waals surface area contributed by atoms with E-state index in [9.17, 15) is 18.0 Å². The van der Waals surface area contributed by atoms with E-state index in [0.29, 0.717) is 5.56 Å². The number of fused-ring (bicyclic) bond motifs is 1. The largest absolute Gasteiger partial charge is 0.416 e. The van der Waals surface area contributed by atoms with Crippen LogP contribution in [0, 0.1) is 0 Å². The highest BCUT2D eigenvalue weighted by molar-refractivity contribution is 7.18. The molecule has 3 rings (SSSR count). The number of nitrogens with one attached hydrogen (secondary N) is 1. The number of carbonyl (C=O) groups excluding carboxylic acids is 1. The number of nitrogens with zero attached hydrogens (tertiary/aromatic N) is 1. The standard InChI is InChI=1S/C18H15F3N2O2S/c19-18(20,21)13-5-3-4-12(8-13)9-22-16(24)10-25-11-17-23-14-6-1-2-7-15(14)26-17/h1-8H,9-11H2,(H,22,24). The number of carbonyl (C=O) groups is 1. The van der Waals surface area contributed by atoms with Crippen molar-refractivity contribution in [3.8, 4) is 0 Å². The van der Waals surface area contributed by atoms with Gasteiger partial charge >= 0.3 is 6.18 Å². The van der Waals surface area contributed by atoms with Crippen LogP contribution in [0.1, 0.15) is 16.1 Å². The van der Waals surface area contributed by atoms with E-state index in [1.54, 1.807) is 0 Å². The summed E-state index contributed by atoms with van der Waals surface area (Å²) in [6.07, 6.45) is -4.40. The Bertz CT molecular complexity index is 876. The third kappa shape index (κ3) is 4.80. The highest BCUT2D eigenvalue weighted by Crippen LogP contribution is 2.29. The molecule has 2 aromatic carbocycles. The maximum Gasteiger partial charge on any atom is 0.416 e. The number of halogens is 3. The molecular weight excluding hydrogens is 365 g/mol. The maximum atomic E-state index is 12.7. The van der Waals surface area contributed by atoms with Gasteiger partial charge in [-0.3, -0.25) is 4.79 Å². The Morgan fingerprint density at radius 3 is 2.73 bits per heavy atom. The Hall–Kier alpha value is -2.45. The monoisotopic (exact) mass is 380 g/mol. The predicted octanol–water partition coefficient (Wildman–Crippen LogP) is 4.15. The van der Waals surface area contributed by atoms with Crippen LogP contribution in [0.25, 0.3) is 10.2 Å². The zero-order chi connectivity index (χ0) is 18.6. The van der Waals surface area contributed by atoms with E-state index in [1.165, 1.54) is 23.5 Å². The van der Waals surface area contributed by atoms with Crippen LogP contribution >= 0.6 is 11.3 Å². The van der Waals surface area contributed by atoms with E-state index in [-0.39, 0.29) is 19.8 Å². The molecule has 0 saturated carbocycles. The van der Waals surface area contributed by atoms with Crippen molar-refractivity contribution in [2.75, 3.05) is 6.61 Å². The lowest BCUT2D eigenvalue weighted by Gasteiger charge is -2.09. The first-order valence-electron chi connectivity index (χ1n) is 7.77. The van der Waals surface area contributed by atoms with Gasteiger partial charge in [0.1, 0.15) is 11.6 Å². The minimum atomic E-state index is -4.40. The van der Waals surface area contributed by atoms with Gasteiger partial charge in [0, 0.05) is 6.54 Å². The molecule has 3 aromatic rings. The molecule has 1 heterocycles. The summed E-state index contributed by atoms with van der Waals surface area (Å²) in [6, 6.07) is 12.5. The number of hydrogen-bond acceptors (Lipinski definition) is 4. The van der Waals surface area contributed by atoms with Gasteiger partial charge in [0.2, 0.25) is 5.91 Å². The number of alkyl halides is 3. The minimum Gasteiger partial charge on any atom is -0.364 e. The topological polar surface area (TPSA) is 51.2 Å². The Balaban J connectivity index is 1.46. The Morgan fingerprint density at radius 1 is 1.15 bits per heavy atom. The molecular formula is C18H15F3N2O2S. The second-order valence-corrected chi connectivity index (χ2v) is 6.66. The molecule has 0 saturated heterocycles. The molecule has 0 aliphatic carbocycles. The first-order chi connectivity index (χ1) is 12.4. The van der Waals surface area contributed by atoms with Crippen molar-refractivity contribution in [3.05, 3.63) is 64.7 Å². The quantitative estimate of drug-likeness (QED) is 0.699. The van der Waals surface area contributed by atoms with Crippen LogP contribution in [-0.4, -0.2) is 17.5 Å². The fourth-order valence-electron chi connectivity index (χ4n) is 2.32. The Kier molecular flexibility index (Phi) is 5.53. The van der Waals surface area contributed by atoms with Gasteiger partial charge in [-0.15, -0.1) is 11.3 Å². The van der Waals surface area contributed by atoms with Crippen molar-refractivity contribution < 1.29 is 22.7 Å². The van der Waals surface area contributed by atoms with E-state index in [2.05, 4.69) is 10.3 Å². The van der Waals surface area contributed by atoms with Gasteiger partial charge in [0.15, 0.2) is 0 Å². The summed E-state index contributed by atoms with van der Waals surface area (Å²) in [6.45, 7) is 0.0263. The molecule has 8 heteroatoms. The number of hydrogen-bond donors (Lipinski definition) is 1. The molecule has 1 N–H and O–H groups in total. The van der Waals surface area contributed by atoms with Gasteiger partial charge in [-0.05, 0) is 29.8 Å². The number of ether oxygens (including phenoxy) is 1. The number of thiazole rings is 1. The summed E-state index contributed by atoms with van der Waals surface area (Å²) in [4.78, 5) is 16.2. The normalized spacial score (nSPS) is 11.7. The fraction of sp³-hybridized carbons (Fsp3) is 0.222. The molecule has 136 valence electrons. The van der Waals surface area contributed by atoms with E-state index < -0.39 is 17.6 Å². The summed E-state index contributed by atoms with van der Waals surface area (Å²) >= 11 is 1.49. The average Bonchev–Trinajstić information content (AvgIpc) is 3.02. The van der Waals surface area contributed by atoms with Crippen LogP contribution in [0.15, 0.2) is 48.5 Å². The molecule has 0 spiro atoms. The van der Waals surface area contributed by atoms with Crippen LogP contribution in [-0.2, 0) is 28.9 Å². The lowest BCUT2D eigenvalue weighted by atomic mass is 10.1. The molecule has 0 bridgehead atoms. The van der Waals surface area contributed by atoms with E-state index in [0.717, 1.165) is 27.4 Å². The van der Waals surface area contributed by atoms with Crippen molar-refractivity contribution in [2.24, 2.45) is 0 Å². The van der Waals surface area contributed by atoms with Crippen LogP contribution in [0.4, 0.5) is 13.2 Å². The number of benzene rings is 2. The van der Waals surface area contributed by atoms with E-state index in [4.69, 9.17) is 4.74 Å². The average molecular weight is 380 g/mol. The molecule has 0 atom stereocenters. The number of para-hydroxylation sites is 1. The van der Waals surface area contributed by atoms with Gasteiger partial charge in [-0.2, -0.15) is 13.2 Å². The summed E-state index contributed by atoms with van der Waals surface area (Å²) in [5, 5.41) is 3.30. The summed E-state index contributed by atoms with van der Waals surface area (Å²) < 4.78 is 44.4. The fourth-order valence-corrected chi connectivity index (χ4v) is 3.23. The van der Waals surface area contributed by atoms with Crippen LogP contribution < -0.4 is 5.32 Å². The first kappa shape index (κ1) is 18.3. The van der Waals surface area contributed by atoms with Crippen molar-refractivity contribution in [3.63, 3.8) is 0 Å². The van der Waals surface area contributed by atoms with E-state index in [1.807, 2.05) is 24.3 Å². The predicted molar refractivity (Wildman–Crippen MR) is 92.6 cm³/mol. The van der Waals surface area contributed by atoms with Crippen LogP contribution in [0.2, 0.25) is 0 Å². The van der Waals surface area contributed by atoms with Gasteiger partial charge in [0.25, 0.3) is 0 Å². The highest BCUT2D eigenvalue weighted by Gasteiger charge is 2.30. The molecule has 1 amide bonds. The summed E-state index contributed by atoms with van der Waals surface area (Å²) in [7, 11) is 0. The van der Waals surface area contributed by atoms with Crippen LogP contribution in [0.5, 0.6) is 0 Å². The lowest BCUT2D eigenvalue weighted by Crippen LogP contribution is -2.27. The van der Waals surface area contributed by atoms with E-state index >= 15 is 0 Å². The van der Waals surface area contributed by atoms with Crippen molar-refractivity contribution >= 4 is 27.5 Å². The number of aromatic nitrogens is 1. The van der Waals surface area contributed by atoms with Crippen molar-refractivity contribution in [1.29, 1.82) is 0 Å². The van der Waals surface area contributed by atoms with Gasteiger partial charge in [-0.25, -0.2) is 4.98 Å². The first-order valence-corrected chi connectivity index (χ1v) is 8.58. The maximum absolute atomic E-state index is 12.7. The second kappa shape index (κ2) is 7.84. The molecule has 0 fully saturated rings. The second-order valence-electron chi connectivity index (χ2n) is 5.54. The van der Waals surface area contributed by atoms with Gasteiger partial charge < -0.3 is 10.1 Å². The smallest absolute Gasteiger partial charge is 0.364 e. The number of amides is 1. The minimum absolute atomic E-state index is 0.00719. The zero-order valence-electron chi connectivity index (χ0n) is 13.5. The third-order valence-electron chi connectivity index (χ3n) is 3.54. The van der Waals surface area contributed by atoms with Crippen molar-refractivity contribution in [1.82, 2.24) is 10.3 Å². The van der Waals surface area contributed by atoms with Crippen LogP contribution in [0.3, 0.4) is 0 Å². The highest BCUT2D eigenvalue weighted by atomic mass is 32.1. The summed E-state index contributed by atoms with van der Waals surface area (Å²) in [5.74, 6) is -0.400. The lowest BCUT2D eigenvalue weighted by molar-refractivity contribution is -0.137. The summed E-state index contributed by atoms with van der Waals surface area (Å²) in [5.41, 5.74) is 0.515. The molecule has 1 aromatic heterocycles. The molecule has 4 nitrogen and oxygen atoms in total. The Morgan fingerprint density at radius 2 is 1.96 bits per heavy atom. The molecule has 0 unspecified atom stereocenters. The van der Waals surface area contributed by atoms with Crippen molar-refractivity contribution in [2.45, 2.75) is 19.3 Å². The molecule has 0 aliphatic heterocycles. The van der Waals surface area contributed by atoms with Gasteiger partial charge in [0.05, 0.1) is 22.4 Å². The third-order valence-corrected chi connectivity index (χ3v) is 4.55. The molecule has 0 aliphatic rings. The SMILES string of the molecule is O=C(COCc1nc2ccccc2s1)NCc1cccc(C(F)(F)F)c1. The molecule has 0 radical (unpaired) electrons. The zero-order valence-corrected chi connectivity index (χ0v) is 14.4. The molecule has 26 heavy (non-hydrogen) atoms.